The predicted octanol–water partition coefficient (Wildman–Crippen LogP) is 1.71. The zero-order chi connectivity index (χ0) is 15.2. The molecule has 1 spiro atoms. The van der Waals surface area contributed by atoms with Crippen molar-refractivity contribution in [3.05, 3.63) is 29.8 Å². The molecule has 1 saturated heterocycles. The van der Waals surface area contributed by atoms with Crippen LogP contribution in [0.25, 0.3) is 11.0 Å². The first-order valence-electron chi connectivity index (χ1n) is 7.79. The summed E-state index contributed by atoms with van der Waals surface area (Å²) in [5.41, 5.74) is 1.61. The highest BCUT2D eigenvalue weighted by atomic mass is 19.1. The third kappa shape index (κ3) is 2.37. The van der Waals surface area contributed by atoms with Crippen molar-refractivity contribution in [2.45, 2.75) is 25.8 Å². The number of nitrogens with zero attached hydrogens (tertiary/aromatic N) is 1. The van der Waals surface area contributed by atoms with E-state index in [0.717, 1.165) is 32.4 Å². The number of amides is 1. The van der Waals surface area contributed by atoms with E-state index in [2.05, 4.69) is 20.6 Å². The van der Waals surface area contributed by atoms with E-state index in [1.54, 1.807) is 6.07 Å². The lowest BCUT2D eigenvalue weighted by Gasteiger charge is -2.23. The zero-order valence-electron chi connectivity index (χ0n) is 12.3. The number of piperidine rings is 1. The van der Waals surface area contributed by atoms with Gasteiger partial charge >= 0.3 is 0 Å². The summed E-state index contributed by atoms with van der Waals surface area (Å²) in [4.78, 5) is 19.7. The number of hydrogen-bond donors (Lipinski definition) is 3. The number of hydrogen-bond acceptors (Lipinski definition) is 3. The molecule has 1 aliphatic carbocycles. The molecule has 116 valence electrons. The molecule has 2 fully saturated rings. The second-order valence-electron chi connectivity index (χ2n) is 6.43. The van der Waals surface area contributed by atoms with Crippen LogP contribution in [0, 0.1) is 17.2 Å². The van der Waals surface area contributed by atoms with E-state index in [-0.39, 0.29) is 23.1 Å². The summed E-state index contributed by atoms with van der Waals surface area (Å²) < 4.78 is 13.2. The van der Waals surface area contributed by atoms with E-state index in [4.69, 9.17) is 0 Å². The second-order valence-corrected chi connectivity index (χ2v) is 6.43. The SMILES string of the molecule is O=C(NCc1nc2ccc(F)cc2[nH]1)C1CC12CCNCC2. The van der Waals surface area contributed by atoms with E-state index in [1.807, 2.05) is 0 Å². The van der Waals surface area contributed by atoms with E-state index in [9.17, 15) is 9.18 Å². The van der Waals surface area contributed by atoms with Crippen molar-refractivity contribution in [1.29, 1.82) is 0 Å². The molecular formula is C16H19FN4O. The molecule has 1 unspecified atom stereocenters. The number of imidazole rings is 1. The number of rotatable bonds is 3. The van der Waals surface area contributed by atoms with Crippen LogP contribution in [0.4, 0.5) is 4.39 Å². The van der Waals surface area contributed by atoms with Gasteiger partial charge in [0.2, 0.25) is 5.91 Å². The summed E-state index contributed by atoms with van der Waals surface area (Å²) in [5.74, 6) is 0.636. The largest absolute Gasteiger partial charge is 0.349 e. The molecule has 1 atom stereocenters. The van der Waals surface area contributed by atoms with Crippen LogP contribution in [0.15, 0.2) is 18.2 Å². The number of aromatic amines is 1. The Morgan fingerprint density at radius 3 is 3.05 bits per heavy atom. The van der Waals surface area contributed by atoms with Crippen molar-refractivity contribution < 1.29 is 9.18 Å². The van der Waals surface area contributed by atoms with Crippen LogP contribution in [0.5, 0.6) is 0 Å². The van der Waals surface area contributed by atoms with Crippen LogP contribution in [0.3, 0.4) is 0 Å². The van der Waals surface area contributed by atoms with Gasteiger partial charge in [-0.15, -0.1) is 0 Å². The molecule has 1 aliphatic heterocycles. The molecular weight excluding hydrogens is 283 g/mol. The summed E-state index contributed by atoms with van der Waals surface area (Å²) in [7, 11) is 0. The van der Waals surface area contributed by atoms with Crippen molar-refractivity contribution in [2.75, 3.05) is 13.1 Å². The Bertz CT molecular complexity index is 720. The van der Waals surface area contributed by atoms with Gasteiger partial charge in [0, 0.05) is 5.92 Å². The Labute approximate surface area is 127 Å². The summed E-state index contributed by atoms with van der Waals surface area (Å²) in [6, 6.07) is 4.44. The van der Waals surface area contributed by atoms with Gasteiger partial charge in [0.25, 0.3) is 0 Å². The average Bonchev–Trinajstić information content (AvgIpc) is 3.05. The van der Waals surface area contributed by atoms with Crippen LogP contribution in [0.2, 0.25) is 0 Å². The topological polar surface area (TPSA) is 69.8 Å². The molecule has 1 saturated carbocycles. The number of carbonyl (C=O) groups is 1. The summed E-state index contributed by atoms with van der Waals surface area (Å²) in [6.07, 6.45) is 3.19. The van der Waals surface area contributed by atoms with Crippen molar-refractivity contribution in [3.8, 4) is 0 Å². The standard InChI is InChI=1S/C16H19FN4O/c17-10-1-2-12-13(7-10)21-14(20-12)9-19-15(22)11-8-16(11)3-5-18-6-4-16/h1-2,7,11,18H,3-6,8-9H2,(H,19,22)(H,20,21). The van der Waals surface area contributed by atoms with Crippen molar-refractivity contribution in [2.24, 2.45) is 11.3 Å². The summed E-state index contributed by atoms with van der Waals surface area (Å²) >= 11 is 0. The Morgan fingerprint density at radius 2 is 2.23 bits per heavy atom. The first-order chi connectivity index (χ1) is 10.7. The Balaban J connectivity index is 1.38. The Morgan fingerprint density at radius 1 is 1.41 bits per heavy atom. The highest BCUT2D eigenvalue weighted by molar-refractivity contribution is 5.82. The van der Waals surface area contributed by atoms with Gasteiger partial charge in [-0.1, -0.05) is 0 Å². The Kier molecular flexibility index (Phi) is 3.14. The number of aromatic nitrogens is 2. The van der Waals surface area contributed by atoms with Gasteiger partial charge in [0.05, 0.1) is 17.6 Å². The molecule has 6 heteroatoms. The van der Waals surface area contributed by atoms with Crippen LogP contribution in [0.1, 0.15) is 25.1 Å². The summed E-state index contributed by atoms with van der Waals surface area (Å²) in [6.45, 7) is 2.39. The number of halogens is 1. The number of benzene rings is 1. The number of H-pyrrole nitrogens is 1. The van der Waals surface area contributed by atoms with Crippen molar-refractivity contribution >= 4 is 16.9 Å². The number of fused-ring (bicyclic) bond motifs is 1. The quantitative estimate of drug-likeness (QED) is 0.808. The lowest BCUT2D eigenvalue weighted by Crippen LogP contribution is -2.33. The number of nitrogens with one attached hydrogen (secondary N) is 3. The molecule has 0 bridgehead atoms. The fourth-order valence-electron chi connectivity index (χ4n) is 3.61. The lowest BCUT2D eigenvalue weighted by atomic mass is 9.92. The van der Waals surface area contributed by atoms with Gasteiger partial charge in [-0.3, -0.25) is 4.79 Å². The van der Waals surface area contributed by atoms with E-state index in [0.29, 0.717) is 23.4 Å². The third-order valence-electron chi connectivity index (χ3n) is 5.03. The van der Waals surface area contributed by atoms with Crippen molar-refractivity contribution in [3.63, 3.8) is 0 Å². The second kappa shape index (κ2) is 5.05. The molecule has 5 nitrogen and oxygen atoms in total. The highest BCUT2D eigenvalue weighted by Gasteiger charge is 2.57. The molecule has 1 aromatic carbocycles. The molecule has 1 aromatic heterocycles. The minimum absolute atomic E-state index is 0.119. The van der Waals surface area contributed by atoms with E-state index >= 15 is 0 Å². The van der Waals surface area contributed by atoms with Gasteiger partial charge in [0.1, 0.15) is 11.6 Å². The monoisotopic (exact) mass is 302 g/mol. The van der Waals surface area contributed by atoms with Gasteiger partial charge in [0.15, 0.2) is 0 Å². The molecule has 4 rings (SSSR count). The van der Waals surface area contributed by atoms with Crippen LogP contribution in [-0.4, -0.2) is 29.0 Å². The van der Waals surface area contributed by atoms with E-state index in [1.165, 1.54) is 12.1 Å². The van der Waals surface area contributed by atoms with Crippen LogP contribution >= 0.6 is 0 Å². The fraction of sp³-hybridized carbons (Fsp3) is 0.500. The van der Waals surface area contributed by atoms with Crippen LogP contribution in [-0.2, 0) is 11.3 Å². The predicted molar refractivity (Wildman–Crippen MR) is 80.5 cm³/mol. The van der Waals surface area contributed by atoms with Gasteiger partial charge < -0.3 is 15.6 Å². The fourth-order valence-corrected chi connectivity index (χ4v) is 3.61. The average molecular weight is 302 g/mol. The summed E-state index contributed by atoms with van der Waals surface area (Å²) in [5, 5.41) is 6.30. The molecule has 1 amide bonds. The normalized spacial score (nSPS) is 22.9. The minimum atomic E-state index is -0.294. The van der Waals surface area contributed by atoms with Gasteiger partial charge in [-0.2, -0.15) is 0 Å². The van der Waals surface area contributed by atoms with Crippen molar-refractivity contribution in [1.82, 2.24) is 20.6 Å². The maximum absolute atomic E-state index is 13.2. The molecule has 3 N–H and O–H groups in total. The minimum Gasteiger partial charge on any atom is -0.349 e. The Hall–Kier alpha value is -1.95. The van der Waals surface area contributed by atoms with Gasteiger partial charge in [-0.25, -0.2) is 9.37 Å². The molecule has 2 aliphatic rings. The maximum Gasteiger partial charge on any atom is 0.224 e. The highest BCUT2D eigenvalue weighted by Crippen LogP contribution is 2.58. The van der Waals surface area contributed by atoms with Gasteiger partial charge in [-0.05, 0) is 56.0 Å². The van der Waals surface area contributed by atoms with Crippen LogP contribution < -0.4 is 10.6 Å². The molecule has 2 aromatic rings. The lowest BCUT2D eigenvalue weighted by molar-refractivity contribution is -0.123. The molecule has 0 radical (unpaired) electrons. The number of carbonyl (C=O) groups excluding carboxylic acids is 1. The first kappa shape index (κ1) is 13.7. The molecule has 2 heterocycles. The smallest absolute Gasteiger partial charge is 0.224 e. The zero-order valence-corrected chi connectivity index (χ0v) is 12.3. The molecule has 22 heavy (non-hydrogen) atoms. The third-order valence-corrected chi connectivity index (χ3v) is 5.03. The maximum atomic E-state index is 13.2. The van der Waals surface area contributed by atoms with E-state index < -0.39 is 0 Å². The first-order valence-corrected chi connectivity index (χ1v) is 7.79.